The molecule has 0 aromatic heterocycles. The fourth-order valence-corrected chi connectivity index (χ4v) is 2.84. The number of hydrogen-bond donors (Lipinski definition) is 1. The lowest BCUT2D eigenvalue weighted by Crippen LogP contribution is -2.45. The fourth-order valence-electron chi connectivity index (χ4n) is 2.84. The Morgan fingerprint density at radius 1 is 1.30 bits per heavy atom. The largest absolute Gasteiger partial charge is 0.370 e. The zero-order valence-corrected chi connectivity index (χ0v) is 12.3. The predicted molar refractivity (Wildman–Crippen MR) is 79.9 cm³/mol. The molecule has 5 heteroatoms. The predicted octanol–water partition coefficient (Wildman–Crippen LogP) is 1.62. The van der Waals surface area contributed by atoms with Crippen molar-refractivity contribution >= 4 is 18.3 Å². The van der Waals surface area contributed by atoms with E-state index >= 15 is 0 Å². The van der Waals surface area contributed by atoms with Crippen molar-refractivity contribution in [3.63, 3.8) is 0 Å². The SMILES string of the molecule is Cl.O=C(C1CCNC1)N1CCOC(c2ccccc2)C1. The minimum absolute atomic E-state index is 0. The van der Waals surface area contributed by atoms with Gasteiger partial charge in [0.05, 0.1) is 19.1 Å². The lowest BCUT2D eigenvalue weighted by atomic mass is 10.0. The first kappa shape index (κ1) is 15.3. The monoisotopic (exact) mass is 296 g/mol. The van der Waals surface area contributed by atoms with Crippen LogP contribution in [0.2, 0.25) is 0 Å². The smallest absolute Gasteiger partial charge is 0.227 e. The van der Waals surface area contributed by atoms with Gasteiger partial charge in [-0.1, -0.05) is 30.3 Å². The van der Waals surface area contributed by atoms with E-state index in [4.69, 9.17) is 4.74 Å². The number of nitrogens with one attached hydrogen (secondary N) is 1. The molecule has 1 aromatic carbocycles. The summed E-state index contributed by atoms with van der Waals surface area (Å²) in [6.45, 7) is 3.82. The molecule has 2 saturated heterocycles. The number of ether oxygens (including phenoxy) is 1. The van der Waals surface area contributed by atoms with Crippen molar-refractivity contribution in [3.05, 3.63) is 35.9 Å². The van der Waals surface area contributed by atoms with E-state index in [2.05, 4.69) is 17.4 Å². The van der Waals surface area contributed by atoms with Gasteiger partial charge in [-0.15, -0.1) is 12.4 Å². The average Bonchev–Trinajstić information content (AvgIpc) is 3.02. The van der Waals surface area contributed by atoms with Gasteiger partial charge in [0.1, 0.15) is 6.10 Å². The van der Waals surface area contributed by atoms with Gasteiger partial charge in [0.2, 0.25) is 5.91 Å². The number of halogens is 1. The van der Waals surface area contributed by atoms with Crippen LogP contribution in [0.5, 0.6) is 0 Å². The summed E-state index contributed by atoms with van der Waals surface area (Å²) >= 11 is 0. The third kappa shape index (κ3) is 3.32. The number of nitrogens with zero attached hydrogens (tertiary/aromatic N) is 1. The topological polar surface area (TPSA) is 41.6 Å². The highest BCUT2D eigenvalue weighted by atomic mass is 35.5. The molecule has 1 N–H and O–H groups in total. The highest BCUT2D eigenvalue weighted by Crippen LogP contribution is 2.23. The second kappa shape index (κ2) is 7.07. The summed E-state index contributed by atoms with van der Waals surface area (Å²) in [7, 11) is 0. The average molecular weight is 297 g/mol. The van der Waals surface area contributed by atoms with E-state index in [1.807, 2.05) is 23.1 Å². The Morgan fingerprint density at radius 3 is 2.80 bits per heavy atom. The number of morpholine rings is 1. The summed E-state index contributed by atoms with van der Waals surface area (Å²) in [5.41, 5.74) is 1.16. The molecule has 0 aliphatic carbocycles. The summed E-state index contributed by atoms with van der Waals surface area (Å²) in [6.07, 6.45) is 0.986. The number of benzene rings is 1. The highest BCUT2D eigenvalue weighted by Gasteiger charge is 2.31. The van der Waals surface area contributed by atoms with Crippen molar-refractivity contribution < 1.29 is 9.53 Å². The maximum absolute atomic E-state index is 12.4. The lowest BCUT2D eigenvalue weighted by molar-refractivity contribution is -0.142. The molecule has 20 heavy (non-hydrogen) atoms. The van der Waals surface area contributed by atoms with Gasteiger partial charge in [0.15, 0.2) is 0 Å². The van der Waals surface area contributed by atoms with E-state index in [0.717, 1.165) is 31.6 Å². The Labute approximate surface area is 125 Å². The van der Waals surface area contributed by atoms with Crippen molar-refractivity contribution in [3.8, 4) is 0 Å². The van der Waals surface area contributed by atoms with Crippen LogP contribution in [-0.4, -0.2) is 43.6 Å². The molecular formula is C15H21ClN2O2. The van der Waals surface area contributed by atoms with Crippen molar-refractivity contribution in [2.24, 2.45) is 5.92 Å². The van der Waals surface area contributed by atoms with Gasteiger partial charge in [0.25, 0.3) is 0 Å². The first-order valence-electron chi connectivity index (χ1n) is 7.00. The van der Waals surface area contributed by atoms with E-state index in [-0.39, 0.29) is 30.3 Å². The van der Waals surface area contributed by atoms with E-state index in [9.17, 15) is 4.79 Å². The van der Waals surface area contributed by atoms with Crippen molar-refractivity contribution in [2.75, 3.05) is 32.8 Å². The summed E-state index contributed by atoms with van der Waals surface area (Å²) < 4.78 is 5.80. The molecule has 2 heterocycles. The van der Waals surface area contributed by atoms with E-state index < -0.39 is 0 Å². The molecular weight excluding hydrogens is 276 g/mol. The molecule has 4 nitrogen and oxygen atoms in total. The van der Waals surface area contributed by atoms with Gasteiger partial charge in [-0.2, -0.15) is 0 Å². The van der Waals surface area contributed by atoms with Crippen LogP contribution in [0, 0.1) is 5.92 Å². The summed E-state index contributed by atoms with van der Waals surface area (Å²) in [4.78, 5) is 14.4. The molecule has 2 atom stereocenters. The molecule has 0 saturated carbocycles. The minimum Gasteiger partial charge on any atom is -0.370 e. The van der Waals surface area contributed by atoms with Gasteiger partial charge in [-0.25, -0.2) is 0 Å². The minimum atomic E-state index is 0. The van der Waals surface area contributed by atoms with E-state index in [1.54, 1.807) is 0 Å². The lowest BCUT2D eigenvalue weighted by Gasteiger charge is -2.34. The Balaban J connectivity index is 0.00000147. The maximum atomic E-state index is 12.4. The molecule has 1 amide bonds. The zero-order valence-electron chi connectivity index (χ0n) is 11.5. The van der Waals surface area contributed by atoms with Gasteiger partial charge in [-0.05, 0) is 18.5 Å². The summed E-state index contributed by atoms with van der Waals surface area (Å²) in [6, 6.07) is 10.2. The standard InChI is InChI=1S/C15H20N2O2.ClH/c18-15(13-6-7-16-10-13)17-8-9-19-14(11-17)12-4-2-1-3-5-12;/h1-5,13-14,16H,6-11H2;1H. The molecule has 3 rings (SSSR count). The van der Waals surface area contributed by atoms with Crippen LogP contribution < -0.4 is 5.32 Å². The molecule has 0 radical (unpaired) electrons. The number of amides is 1. The van der Waals surface area contributed by atoms with Crippen LogP contribution in [0.3, 0.4) is 0 Å². The van der Waals surface area contributed by atoms with Crippen molar-refractivity contribution in [1.29, 1.82) is 0 Å². The Morgan fingerprint density at radius 2 is 2.10 bits per heavy atom. The normalized spacial score (nSPS) is 26.1. The summed E-state index contributed by atoms with van der Waals surface area (Å²) in [5, 5.41) is 3.26. The first-order chi connectivity index (χ1) is 9.34. The van der Waals surface area contributed by atoms with Crippen molar-refractivity contribution in [2.45, 2.75) is 12.5 Å². The van der Waals surface area contributed by atoms with Crippen LogP contribution >= 0.6 is 12.4 Å². The second-order valence-corrected chi connectivity index (χ2v) is 5.24. The Bertz CT molecular complexity index is 435. The Kier molecular flexibility index (Phi) is 5.40. The van der Waals surface area contributed by atoms with E-state index in [1.165, 1.54) is 0 Å². The first-order valence-corrected chi connectivity index (χ1v) is 7.00. The number of carbonyl (C=O) groups excluding carboxylic acids is 1. The quantitative estimate of drug-likeness (QED) is 0.902. The maximum Gasteiger partial charge on any atom is 0.227 e. The van der Waals surface area contributed by atoms with Crippen molar-refractivity contribution in [1.82, 2.24) is 10.2 Å². The van der Waals surface area contributed by atoms with Gasteiger partial charge in [-0.3, -0.25) is 4.79 Å². The molecule has 2 aliphatic heterocycles. The zero-order chi connectivity index (χ0) is 13.1. The number of rotatable bonds is 2. The highest BCUT2D eigenvalue weighted by molar-refractivity contribution is 5.85. The van der Waals surface area contributed by atoms with Gasteiger partial charge < -0.3 is 15.0 Å². The molecule has 2 unspecified atom stereocenters. The fraction of sp³-hybridized carbons (Fsp3) is 0.533. The molecule has 110 valence electrons. The molecule has 0 bridgehead atoms. The third-order valence-corrected chi connectivity index (χ3v) is 3.96. The van der Waals surface area contributed by atoms with Gasteiger partial charge >= 0.3 is 0 Å². The summed E-state index contributed by atoms with van der Waals surface area (Å²) in [5.74, 6) is 0.448. The molecule has 0 spiro atoms. The number of carbonyl (C=O) groups is 1. The molecule has 1 aromatic rings. The van der Waals surface area contributed by atoms with Gasteiger partial charge in [0, 0.05) is 13.1 Å². The van der Waals surface area contributed by atoms with Crippen LogP contribution in [-0.2, 0) is 9.53 Å². The second-order valence-electron chi connectivity index (χ2n) is 5.24. The van der Waals surface area contributed by atoms with Crippen LogP contribution in [0.15, 0.2) is 30.3 Å². The number of hydrogen-bond acceptors (Lipinski definition) is 3. The van der Waals surface area contributed by atoms with Crippen LogP contribution in [0.4, 0.5) is 0 Å². The Hall–Kier alpha value is -1.10. The molecule has 2 aliphatic rings. The molecule has 2 fully saturated rings. The van der Waals surface area contributed by atoms with Crippen LogP contribution in [0.25, 0.3) is 0 Å². The van der Waals surface area contributed by atoms with Crippen LogP contribution in [0.1, 0.15) is 18.1 Å². The third-order valence-electron chi connectivity index (χ3n) is 3.96. The van der Waals surface area contributed by atoms with E-state index in [0.29, 0.717) is 13.2 Å².